The Morgan fingerprint density at radius 1 is 1.20 bits per heavy atom. The van der Waals surface area contributed by atoms with Crippen molar-refractivity contribution in [1.29, 1.82) is 0 Å². The van der Waals surface area contributed by atoms with E-state index in [1.54, 1.807) is 0 Å². The Kier molecular flexibility index (Phi) is 5.66. The lowest BCUT2D eigenvalue weighted by atomic mass is 9.99. The zero-order valence-electron chi connectivity index (χ0n) is 13.2. The van der Waals surface area contributed by atoms with Gasteiger partial charge in [0.1, 0.15) is 0 Å². The molecular formula is C18H28N2. The number of para-hydroxylation sites is 1. The molecule has 20 heavy (non-hydrogen) atoms. The van der Waals surface area contributed by atoms with E-state index >= 15 is 0 Å². The van der Waals surface area contributed by atoms with Crippen LogP contribution in [0.1, 0.15) is 45.1 Å². The van der Waals surface area contributed by atoms with Crippen LogP contribution in [-0.4, -0.2) is 11.1 Å². The lowest BCUT2D eigenvalue weighted by Gasteiger charge is -2.15. The summed E-state index contributed by atoms with van der Waals surface area (Å²) in [6.45, 7) is 6.69. The highest BCUT2D eigenvalue weighted by atomic mass is 14.9. The molecule has 0 radical (unpaired) electrons. The molecule has 110 valence electrons. The minimum absolute atomic E-state index is 0.824. The largest absolute Gasteiger partial charge is 0.350 e. The topological polar surface area (TPSA) is 17.0 Å². The Hall–Kier alpha value is -1.28. The molecule has 0 bridgehead atoms. The monoisotopic (exact) mass is 272 g/mol. The van der Waals surface area contributed by atoms with Gasteiger partial charge in [-0.3, -0.25) is 0 Å². The quantitative estimate of drug-likeness (QED) is 0.749. The number of fused-ring (bicyclic) bond motifs is 1. The summed E-state index contributed by atoms with van der Waals surface area (Å²) in [5.74, 6) is 0.824. The first-order valence-corrected chi connectivity index (χ1v) is 7.99. The molecule has 1 aromatic heterocycles. The number of nitrogens with one attached hydrogen (secondary N) is 1. The smallest absolute Gasteiger partial charge is 0.0481 e. The summed E-state index contributed by atoms with van der Waals surface area (Å²) < 4.78 is 2.22. The van der Waals surface area contributed by atoms with Crippen molar-refractivity contribution in [2.45, 2.75) is 46.1 Å². The van der Waals surface area contributed by atoms with Gasteiger partial charge in [0, 0.05) is 30.7 Å². The summed E-state index contributed by atoms with van der Waals surface area (Å²) in [6.07, 6.45) is 7.55. The van der Waals surface area contributed by atoms with Crippen LogP contribution < -0.4 is 5.32 Å². The minimum atomic E-state index is 0.824. The third kappa shape index (κ3) is 3.63. The highest BCUT2D eigenvalue weighted by Gasteiger charge is 2.08. The second-order valence-electron chi connectivity index (χ2n) is 5.83. The number of rotatable bonds is 8. The number of hydrogen-bond acceptors (Lipinski definition) is 1. The fraction of sp³-hybridized carbons (Fsp3) is 0.556. The summed E-state index contributed by atoms with van der Waals surface area (Å²) in [4.78, 5) is 0. The molecule has 2 rings (SSSR count). The number of benzene rings is 1. The number of aromatic nitrogens is 1. The first-order valence-electron chi connectivity index (χ1n) is 7.99. The van der Waals surface area contributed by atoms with Crippen LogP contribution in [0.15, 0.2) is 30.5 Å². The van der Waals surface area contributed by atoms with Crippen molar-refractivity contribution in [1.82, 2.24) is 9.88 Å². The Labute approximate surface area is 123 Å². The van der Waals surface area contributed by atoms with Crippen molar-refractivity contribution in [2.75, 3.05) is 6.54 Å². The first kappa shape index (κ1) is 15.1. The van der Waals surface area contributed by atoms with Crippen molar-refractivity contribution in [3.05, 3.63) is 36.0 Å². The van der Waals surface area contributed by atoms with Crippen LogP contribution >= 0.6 is 0 Å². The van der Waals surface area contributed by atoms with E-state index in [9.17, 15) is 0 Å². The van der Waals surface area contributed by atoms with Gasteiger partial charge in [-0.05, 0) is 30.5 Å². The van der Waals surface area contributed by atoms with Crippen LogP contribution in [0, 0.1) is 5.92 Å². The molecule has 1 unspecified atom stereocenters. The van der Waals surface area contributed by atoms with E-state index in [4.69, 9.17) is 0 Å². The van der Waals surface area contributed by atoms with Crippen molar-refractivity contribution in [3.63, 3.8) is 0 Å². The summed E-state index contributed by atoms with van der Waals surface area (Å²) in [5, 5.41) is 5.03. The van der Waals surface area contributed by atoms with Crippen LogP contribution in [0.25, 0.3) is 10.9 Å². The fourth-order valence-electron chi connectivity index (χ4n) is 2.92. The standard InChI is InChI=1S/C18H28N2/c1-4-6-9-15(5-2)12-19-13-16-14-20(3)18-11-8-7-10-17(16)18/h7-8,10-11,14-15,19H,4-6,9,12-13H2,1-3H3. The molecule has 0 fully saturated rings. The molecule has 1 aromatic carbocycles. The lowest BCUT2D eigenvalue weighted by molar-refractivity contribution is 0.419. The van der Waals surface area contributed by atoms with Gasteiger partial charge < -0.3 is 9.88 Å². The zero-order chi connectivity index (χ0) is 14.4. The average molecular weight is 272 g/mol. The minimum Gasteiger partial charge on any atom is -0.350 e. The molecule has 0 aliphatic heterocycles. The van der Waals surface area contributed by atoms with Gasteiger partial charge in [-0.25, -0.2) is 0 Å². The van der Waals surface area contributed by atoms with Gasteiger partial charge in [-0.15, -0.1) is 0 Å². The molecule has 2 aromatic rings. The molecular weight excluding hydrogens is 244 g/mol. The van der Waals surface area contributed by atoms with Gasteiger partial charge in [-0.1, -0.05) is 51.3 Å². The molecule has 1 heterocycles. The van der Waals surface area contributed by atoms with Crippen molar-refractivity contribution in [3.8, 4) is 0 Å². The van der Waals surface area contributed by atoms with Gasteiger partial charge in [-0.2, -0.15) is 0 Å². The van der Waals surface area contributed by atoms with Gasteiger partial charge in [0.2, 0.25) is 0 Å². The summed E-state index contributed by atoms with van der Waals surface area (Å²) in [5.41, 5.74) is 2.73. The van der Waals surface area contributed by atoms with E-state index in [1.165, 1.54) is 42.1 Å². The highest BCUT2D eigenvalue weighted by Crippen LogP contribution is 2.20. The number of aryl methyl sites for hydroxylation is 1. The Morgan fingerprint density at radius 2 is 2.00 bits per heavy atom. The van der Waals surface area contributed by atoms with Gasteiger partial charge in [0.15, 0.2) is 0 Å². The average Bonchev–Trinajstić information content (AvgIpc) is 2.80. The molecule has 0 aliphatic carbocycles. The van der Waals surface area contributed by atoms with Gasteiger partial charge in [0.05, 0.1) is 0 Å². The summed E-state index contributed by atoms with van der Waals surface area (Å²) in [6, 6.07) is 8.65. The van der Waals surface area contributed by atoms with E-state index in [2.05, 4.69) is 61.2 Å². The fourth-order valence-corrected chi connectivity index (χ4v) is 2.92. The molecule has 0 aliphatic rings. The van der Waals surface area contributed by atoms with Crippen molar-refractivity contribution in [2.24, 2.45) is 13.0 Å². The van der Waals surface area contributed by atoms with E-state index in [0.29, 0.717) is 0 Å². The molecule has 0 saturated carbocycles. The molecule has 0 amide bonds. The third-order valence-electron chi connectivity index (χ3n) is 4.27. The Bertz CT molecular complexity index is 527. The third-order valence-corrected chi connectivity index (χ3v) is 4.27. The van der Waals surface area contributed by atoms with E-state index < -0.39 is 0 Å². The summed E-state index contributed by atoms with van der Waals surface area (Å²) in [7, 11) is 2.13. The van der Waals surface area contributed by atoms with Gasteiger partial charge >= 0.3 is 0 Å². The van der Waals surface area contributed by atoms with Crippen LogP contribution in [0.2, 0.25) is 0 Å². The van der Waals surface area contributed by atoms with Crippen LogP contribution in [0.3, 0.4) is 0 Å². The maximum Gasteiger partial charge on any atom is 0.0481 e. The van der Waals surface area contributed by atoms with Gasteiger partial charge in [0.25, 0.3) is 0 Å². The number of unbranched alkanes of at least 4 members (excludes halogenated alkanes) is 1. The van der Waals surface area contributed by atoms with E-state index in [-0.39, 0.29) is 0 Å². The molecule has 2 heteroatoms. The van der Waals surface area contributed by atoms with Crippen molar-refractivity contribution < 1.29 is 0 Å². The molecule has 1 atom stereocenters. The second-order valence-corrected chi connectivity index (χ2v) is 5.83. The van der Waals surface area contributed by atoms with E-state index in [1.807, 2.05) is 0 Å². The molecule has 0 saturated heterocycles. The van der Waals surface area contributed by atoms with Crippen LogP contribution in [-0.2, 0) is 13.6 Å². The molecule has 1 N–H and O–H groups in total. The van der Waals surface area contributed by atoms with Crippen molar-refractivity contribution >= 4 is 10.9 Å². The van der Waals surface area contributed by atoms with Crippen LogP contribution in [0.5, 0.6) is 0 Å². The zero-order valence-corrected chi connectivity index (χ0v) is 13.2. The Balaban J connectivity index is 1.92. The predicted molar refractivity (Wildman–Crippen MR) is 87.9 cm³/mol. The predicted octanol–water partition coefficient (Wildman–Crippen LogP) is 4.48. The maximum absolute atomic E-state index is 3.65. The second kappa shape index (κ2) is 7.49. The number of nitrogens with zero attached hydrogens (tertiary/aromatic N) is 1. The highest BCUT2D eigenvalue weighted by molar-refractivity contribution is 5.83. The maximum atomic E-state index is 3.65. The number of hydrogen-bond donors (Lipinski definition) is 1. The lowest BCUT2D eigenvalue weighted by Crippen LogP contribution is -2.22. The first-order chi connectivity index (χ1) is 9.76. The van der Waals surface area contributed by atoms with E-state index in [0.717, 1.165) is 19.0 Å². The molecule has 0 spiro atoms. The van der Waals surface area contributed by atoms with Crippen LogP contribution in [0.4, 0.5) is 0 Å². The normalized spacial score (nSPS) is 12.9. The summed E-state index contributed by atoms with van der Waals surface area (Å²) >= 11 is 0. The Morgan fingerprint density at radius 3 is 2.75 bits per heavy atom. The SMILES string of the molecule is CCCCC(CC)CNCc1cn(C)c2ccccc12. The molecule has 2 nitrogen and oxygen atoms in total.